The largest absolute Gasteiger partial charge is 0.475 e. The third-order valence-corrected chi connectivity index (χ3v) is 15.7. The van der Waals surface area contributed by atoms with Gasteiger partial charge in [0, 0.05) is 19.0 Å². The third kappa shape index (κ3) is 6.90. The Morgan fingerprint density at radius 3 is 2.56 bits per heavy atom. The maximum atomic E-state index is 14.1. The fraction of sp³-hybridized carbons (Fsp3) is 0.759. The van der Waals surface area contributed by atoms with Crippen molar-refractivity contribution in [3.8, 4) is 6.07 Å². The number of carbonyl (C=O) groups is 2. The van der Waals surface area contributed by atoms with Crippen LogP contribution in [0.4, 0.5) is 4.79 Å². The van der Waals surface area contributed by atoms with E-state index in [1.807, 2.05) is 6.07 Å². The summed E-state index contributed by atoms with van der Waals surface area (Å²) in [6.07, 6.45) is -4.66. The van der Waals surface area contributed by atoms with Crippen LogP contribution in [-0.4, -0.2) is 101 Å². The molecule has 1 unspecified atom stereocenters. The first-order valence-electron chi connectivity index (χ1n) is 15.8. The van der Waals surface area contributed by atoms with E-state index in [4.69, 9.17) is 32.7 Å². The lowest BCUT2D eigenvalue weighted by atomic mass is 9.87. The Bertz CT molecular complexity index is 1570. The number of imide groups is 1. The summed E-state index contributed by atoms with van der Waals surface area (Å²) in [7, 11) is -6.93. The molecule has 19 heteroatoms. The molecule has 0 spiro atoms. The van der Waals surface area contributed by atoms with Gasteiger partial charge in [-0.2, -0.15) is 10.2 Å². The summed E-state index contributed by atoms with van der Waals surface area (Å²) in [5, 5.41) is 32.7. The Labute approximate surface area is 279 Å². The fourth-order valence-electron chi connectivity index (χ4n) is 6.04. The molecule has 9 atom stereocenters. The zero-order valence-corrected chi connectivity index (χ0v) is 30.0. The highest BCUT2D eigenvalue weighted by Gasteiger charge is 2.57. The number of amides is 3. The Morgan fingerprint density at radius 2 is 1.92 bits per heavy atom. The van der Waals surface area contributed by atoms with Crippen molar-refractivity contribution < 1.29 is 51.8 Å². The molecule has 3 amide bonds. The van der Waals surface area contributed by atoms with Crippen molar-refractivity contribution in [2.75, 3.05) is 19.8 Å². The summed E-state index contributed by atoms with van der Waals surface area (Å²) in [6.45, 7) is 11.9. The fourth-order valence-corrected chi connectivity index (χ4v) is 8.79. The summed E-state index contributed by atoms with van der Waals surface area (Å²) in [5.41, 5.74) is -2.75. The number of ether oxygens (including phenoxy) is 2. The number of nitriles is 1. The minimum absolute atomic E-state index is 0.0532. The minimum atomic E-state index is -4.51. The number of phosphoric acid groups is 1. The Morgan fingerprint density at radius 1 is 1.21 bits per heavy atom. The Balaban J connectivity index is 1.64. The molecule has 6 heterocycles. The van der Waals surface area contributed by atoms with Gasteiger partial charge in [-0.3, -0.25) is 33.1 Å². The van der Waals surface area contributed by atoms with E-state index < -0.39 is 88.9 Å². The van der Waals surface area contributed by atoms with Crippen LogP contribution >= 0.6 is 7.82 Å². The zero-order chi connectivity index (χ0) is 35.4. The molecule has 3 fully saturated rings. The van der Waals surface area contributed by atoms with Gasteiger partial charge >= 0.3 is 19.5 Å². The molecular weight excluding hydrogens is 669 g/mol. The van der Waals surface area contributed by atoms with E-state index in [0.717, 1.165) is 4.90 Å². The number of aliphatic hydroxyl groups excluding tert-OH is 1. The molecule has 266 valence electrons. The van der Waals surface area contributed by atoms with E-state index in [9.17, 15) is 29.2 Å². The molecule has 3 N–H and O–H groups in total. The first-order chi connectivity index (χ1) is 22.3. The van der Waals surface area contributed by atoms with Crippen LogP contribution in [0.5, 0.6) is 0 Å². The molecule has 0 saturated carbocycles. The van der Waals surface area contributed by atoms with E-state index in [1.165, 1.54) is 17.7 Å². The molecule has 1 aromatic heterocycles. The van der Waals surface area contributed by atoms with Gasteiger partial charge in [0.2, 0.25) is 0 Å². The summed E-state index contributed by atoms with van der Waals surface area (Å²) in [5.74, 6) is -1.02. The van der Waals surface area contributed by atoms with Crippen LogP contribution in [0.15, 0.2) is 11.0 Å². The SMILES string of the molecule is Cc1cn2c(=O)nc1[C@@H]1N(C(=O)NC(=O)[C@]1(C)O)[C@H]1C[C@H](OP(=O)(OCCC#N)OC[C@H]3O[C@@H]2C[C@@H]3O[Si](C)(C)C(C)(C)C)[C@@H](CO)O1. The van der Waals surface area contributed by atoms with Gasteiger partial charge in [-0.1, -0.05) is 20.8 Å². The van der Waals surface area contributed by atoms with Crippen LogP contribution in [0.1, 0.15) is 70.5 Å². The molecule has 5 aliphatic heterocycles. The van der Waals surface area contributed by atoms with Crippen molar-refractivity contribution in [1.29, 1.82) is 5.26 Å². The predicted octanol–water partition coefficient (Wildman–Crippen LogP) is 2.13. The number of hydrogen-bond acceptors (Lipinski definition) is 14. The Hall–Kier alpha value is -2.56. The van der Waals surface area contributed by atoms with E-state index in [2.05, 4.69) is 44.2 Å². The predicted molar refractivity (Wildman–Crippen MR) is 168 cm³/mol. The molecule has 6 rings (SSSR count). The van der Waals surface area contributed by atoms with Crippen LogP contribution in [-0.2, 0) is 36.8 Å². The van der Waals surface area contributed by atoms with Crippen molar-refractivity contribution in [1.82, 2.24) is 19.8 Å². The molecule has 1 aromatic rings. The summed E-state index contributed by atoms with van der Waals surface area (Å²) in [4.78, 5) is 45.4. The Kier molecular flexibility index (Phi) is 10.2. The number of hydrogen-bond donors (Lipinski definition) is 3. The van der Waals surface area contributed by atoms with Gasteiger partial charge in [-0.05, 0) is 37.5 Å². The maximum absolute atomic E-state index is 14.1. The van der Waals surface area contributed by atoms with E-state index in [-0.39, 0.29) is 43.2 Å². The van der Waals surface area contributed by atoms with Crippen LogP contribution < -0.4 is 11.0 Å². The molecule has 6 bridgehead atoms. The van der Waals surface area contributed by atoms with Gasteiger partial charge in [0.15, 0.2) is 13.9 Å². The number of nitrogens with zero attached hydrogens (tertiary/aromatic N) is 4. The summed E-state index contributed by atoms with van der Waals surface area (Å²) >= 11 is 0. The molecule has 48 heavy (non-hydrogen) atoms. The lowest BCUT2D eigenvalue weighted by molar-refractivity contribution is -0.159. The number of aliphatic hydroxyl groups is 2. The number of phosphoric ester groups is 1. The second-order valence-electron chi connectivity index (χ2n) is 14.2. The second-order valence-corrected chi connectivity index (χ2v) is 20.6. The first-order valence-corrected chi connectivity index (χ1v) is 20.2. The van der Waals surface area contributed by atoms with Crippen molar-refractivity contribution in [3.05, 3.63) is 27.9 Å². The van der Waals surface area contributed by atoms with E-state index >= 15 is 0 Å². The van der Waals surface area contributed by atoms with Gasteiger partial charge in [-0.15, -0.1) is 0 Å². The first kappa shape index (κ1) is 36.7. The highest BCUT2D eigenvalue weighted by molar-refractivity contribution is 7.48. The zero-order valence-electron chi connectivity index (χ0n) is 28.1. The van der Waals surface area contributed by atoms with Crippen LogP contribution in [0, 0.1) is 18.3 Å². The topological polar surface area (TPSA) is 221 Å². The van der Waals surface area contributed by atoms with Crippen LogP contribution in [0.3, 0.4) is 0 Å². The number of aryl methyl sites for hydroxylation is 1. The second kappa shape index (κ2) is 13.3. The number of urea groups is 1. The van der Waals surface area contributed by atoms with Gasteiger partial charge in [0.05, 0.1) is 44.1 Å². The smallest absolute Gasteiger partial charge is 0.411 e. The quantitative estimate of drug-likeness (QED) is 0.219. The van der Waals surface area contributed by atoms with Crippen molar-refractivity contribution in [2.45, 2.75) is 121 Å². The molecule has 17 nitrogen and oxygen atoms in total. The molecule has 0 radical (unpaired) electrons. The molecular formula is C29H44N5O12PSi. The van der Waals surface area contributed by atoms with Gasteiger partial charge < -0.3 is 24.1 Å². The van der Waals surface area contributed by atoms with Crippen molar-refractivity contribution in [2.24, 2.45) is 0 Å². The average molecular weight is 714 g/mol. The lowest BCUT2D eigenvalue weighted by Crippen LogP contribution is -2.67. The maximum Gasteiger partial charge on any atom is 0.475 e. The number of aromatic nitrogens is 2. The molecule has 0 aliphatic carbocycles. The highest BCUT2D eigenvalue weighted by Crippen LogP contribution is 2.54. The number of carbonyl (C=O) groups excluding carboxylic acids is 2. The van der Waals surface area contributed by atoms with E-state index in [0.29, 0.717) is 5.56 Å². The summed E-state index contributed by atoms with van der Waals surface area (Å²) in [6, 6.07) is -0.571. The number of rotatable bonds is 6. The van der Waals surface area contributed by atoms with Gasteiger partial charge in [-0.25, -0.2) is 14.2 Å². The standard InChI is InChI=1S/C29H44N5O12PSi/c1-16-13-33-21-12-18(46-48(6,7)28(2,3)4)20(44-21)15-42-47(40,41-10-8-9-30)45-17-11-22(43-19(17)14-35)34-24(23(16)31-26(33)37)29(5,39)25(36)32-27(34)38/h13,17-22,24,35,39H,8,10-12,14-15H2,1-7H3,(H,32,36,38)/t17-,18-,19+,20+,21+,22+,24-,29+,47?/m0/s1. The normalized spacial score (nSPS) is 35.8. The number of fused-ring (bicyclic) bond motifs is 5. The number of nitrogens with one attached hydrogen (secondary N) is 1. The van der Waals surface area contributed by atoms with Gasteiger partial charge in [0.25, 0.3) is 5.91 Å². The van der Waals surface area contributed by atoms with E-state index in [1.54, 1.807) is 6.92 Å². The lowest BCUT2D eigenvalue weighted by Gasteiger charge is -2.45. The minimum Gasteiger partial charge on any atom is -0.411 e. The molecule has 0 aromatic carbocycles. The van der Waals surface area contributed by atoms with Crippen molar-refractivity contribution in [3.63, 3.8) is 0 Å². The van der Waals surface area contributed by atoms with Crippen molar-refractivity contribution >= 4 is 28.1 Å². The molecule has 3 saturated heterocycles. The van der Waals surface area contributed by atoms with Gasteiger partial charge in [0.1, 0.15) is 36.8 Å². The average Bonchev–Trinajstić information content (AvgIpc) is 3.57. The van der Waals surface area contributed by atoms with Crippen LogP contribution in [0.25, 0.3) is 0 Å². The monoisotopic (exact) mass is 713 g/mol. The highest BCUT2D eigenvalue weighted by atomic mass is 31.2. The van der Waals surface area contributed by atoms with Crippen LogP contribution in [0.2, 0.25) is 18.1 Å². The summed E-state index contributed by atoms with van der Waals surface area (Å²) < 4.78 is 51.7. The third-order valence-electron chi connectivity index (χ3n) is 9.70. The molecule has 5 aliphatic rings.